The van der Waals surface area contributed by atoms with Crippen LogP contribution in [0.15, 0.2) is 264 Å². The Labute approximate surface area is 427 Å². The zero-order chi connectivity index (χ0) is 48.8. The van der Waals surface area contributed by atoms with Gasteiger partial charge >= 0.3 is 0 Å². The summed E-state index contributed by atoms with van der Waals surface area (Å²) >= 11 is 1.84. The zero-order valence-corrected chi connectivity index (χ0v) is 41.2. The topological polar surface area (TPSA) is 32.8 Å². The van der Waals surface area contributed by atoms with Gasteiger partial charge in [-0.1, -0.05) is 200 Å². The van der Waals surface area contributed by atoms with Crippen molar-refractivity contribution in [1.82, 2.24) is 0 Å². The highest BCUT2D eigenvalue weighted by Gasteiger charge is 2.31. The molecule has 3 aromatic heterocycles. The van der Waals surface area contributed by atoms with E-state index in [1.165, 1.54) is 10.1 Å². The Hall–Kier alpha value is -9.16. The molecular weight excluding hydrogens is 909 g/mol. The average Bonchev–Trinajstić information content (AvgIpc) is 4.17. The first-order valence-corrected chi connectivity index (χ1v) is 25.6. The number of fused-ring (bicyclic) bond motifs is 10. The lowest BCUT2D eigenvalue weighted by Gasteiger charge is -2.32. The lowest BCUT2D eigenvalue weighted by Crippen LogP contribution is -2.14. The van der Waals surface area contributed by atoms with E-state index in [9.17, 15) is 0 Å². The Kier molecular flexibility index (Phi) is 11.1. The molecule has 0 amide bonds. The Morgan fingerprint density at radius 3 is 1.26 bits per heavy atom. The van der Waals surface area contributed by atoms with Gasteiger partial charge in [0.25, 0.3) is 0 Å². The van der Waals surface area contributed by atoms with E-state index in [1.807, 2.05) is 49.5 Å². The Morgan fingerprint density at radius 2 is 0.740 bits per heavy atom. The molecule has 0 aliphatic heterocycles. The molecule has 11 aromatic carbocycles. The molecule has 0 saturated carbocycles. The van der Waals surface area contributed by atoms with Gasteiger partial charge in [-0.15, -0.1) is 11.3 Å². The molecule has 0 bridgehead atoms. The van der Waals surface area contributed by atoms with Gasteiger partial charge in [0, 0.05) is 59.2 Å². The molecule has 0 fully saturated rings. The molecule has 0 spiro atoms. The van der Waals surface area contributed by atoms with Crippen LogP contribution >= 0.6 is 11.3 Å². The van der Waals surface area contributed by atoms with Crippen molar-refractivity contribution in [3.63, 3.8) is 0 Å². The molecule has 4 nitrogen and oxygen atoms in total. The number of thiophene rings is 1. The summed E-state index contributed by atoms with van der Waals surface area (Å²) in [5, 5.41) is 8.87. The van der Waals surface area contributed by atoms with Gasteiger partial charge in [0.15, 0.2) is 11.2 Å². The lowest BCUT2D eigenvalue weighted by atomic mass is 9.96. The average molecular weight is 957 g/mol. The zero-order valence-electron chi connectivity index (χ0n) is 40.4. The van der Waals surface area contributed by atoms with Crippen LogP contribution in [0.4, 0.5) is 34.1 Å². The van der Waals surface area contributed by atoms with E-state index in [0.717, 1.165) is 121 Å². The quantitative estimate of drug-likeness (QED) is 0.112. The van der Waals surface area contributed by atoms with E-state index in [1.54, 1.807) is 0 Å². The molecule has 14 aromatic rings. The van der Waals surface area contributed by atoms with Crippen molar-refractivity contribution in [2.75, 3.05) is 9.80 Å². The summed E-state index contributed by atoms with van der Waals surface area (Å²) < 4.78 is 16.2. The molecule has 0 saturated heterocycles. The van der Waals surface area contributed by atoms with E-state index in [2.05, 4.69) is 240 Å². The highest BCUT2D eigenvalue weighted by atomic mass is 32.1. The van der Waals surface area contributed by atoms with Crippen molar-refractivity contribution in [2.24, 2.45) is 0 Å². The summed E-state index contributed by atoms with van der Waals surface area (Å²) in [5.41, 5.74) is 14.1. The minimum absolute atomic E-state index is 0.834. The van der Waals surface area contributed by atoms with E-state index in [4.69, 9.17) is 8.83 Å². The third-order valence-corrected chi connectivity index (χ3v) is 15.1. The van der Waals surface area contributed by atoms with Crippen molar-refractivity contribution in [3.05, 3.63) is 255 Å². The number of para-hydroxylation sites is 4. The van der Waals surface area contributed by atoms with Crippen LogP contribution in [0, 0.1) is 0 Å². The molecule has 3 heterocycles. The number of benzene rings is 11. The molecule has 0 unspecified atom stereocenters. The fourth-order valence-electron chi connectivity index (χ4n) is 10.6. The van der Waals surface area contributed by atoms with Gasteiger partial charge in [-0.05, 0) is 90.7 Å². The maximum absolute atomic E-state index is 6.95. The Morgan fingerprint density at radius 1 is 0.342 bits per heavy atom. The molecule has 0 aliphatic carbocycles. The minimum atomic E-state index is 0.834. The molecule has 0 N–H and O–H groups in total. The van der Waals surface area contributed by atoms with Crippen molar-refractivity contribution >= 4 is 120 Å². The van der Waals surface area contributed by atoms with Gasteiger partial charge in [-0.3, -0.25) is 0 Å². The number of allylic oxidation sites excluding steroid dienone is 2. The number of hydrogen-bond donors (Lipinski definition) is 0. The third-order valence-electron chi connectivity index (χ3n) is 13.9. The Balaban J connectivity index is 0.00000125. The predicted molar refractivity (Wildman–Crippen MR) is 312 cm³/mol. The molecule has 73 heavy (non-hydrogen) atoms. The van der Waals surface area contributed by atoms with Gasteiger partial charge < -0.3 is 18.6 Å². The van der Waals surface area contributed by atoms with Crippen LogP contribution in [0.25, 0.3) is 97.1 Å². The van der Waals surface area contributed by atoms with Gasteiger partial charge in [0.1, 0.15) is 11.2 Å². The third kappa shape index (κ3) is 7.52. The predicted octanol–water partition coefficient (Wildman–Crippen LogP) is 20.9. The first-order valence-electron chi connectivity index (χ1n) is 24.8. The van der Waals surface area contributed by atoms with Crippen molar-refractivity contribution in [2.45, 2.75) is 13.8 Å². The van der Waals surface area contributed by atoms with E-state index >= 15 is 0 Å². The van der Waals surface area contributed by atoms with Gasteiger partial charge in [0.2, 0.25) is 0 Å². The summed E-state index contributed by atoms with van der Waals surface area (Å²) in [4.78, 5) is 4.92. The first kappa shape index (κ1) is 43.8. The fraction of sp³-hybridized carbons (Fsp3) is 0.0294. The number of anilines is 6. The lowest BCUT2D eigenvalue weighted by molar-refractivity contribution is 0.669. The second kappa shape index (κ2) is 18.5. The molecular formula is C68H48N2O2S. The number of hydrogen-bond acceptors (Lipinski definition) is 5. The van der Waals surface area contributed by atoms with E-state index in [-0.39, 0.29) is 0 Å². The van der Waals surface area contributed by atoms with Crippen LogP contribution in [0.1, 0.15) is 13.8 Å². The van der Waals surface area contributed by atoms with Crippen molar-refractivity contribution < 1.29 is 8.83 Å². The van der Waals surface area contributed by atoms with Gasteiger partial charge in [0.05, 0.1) is 27.4 Å². The highest BCUT2D eigenvalue weighted by Crippen LogP contribution is 2.57. The van der Waals surface area contributed by atoms with E-state index < -0.39 is 0 Å². The van der Waals surface area contributed by atoms with E-state index in [0.29, 0.717) is 0 Å². The number of rotatable bonds is 8. The van der Waals surface area contributed by atoms with Crippen molar-refractivity contribution in [1.29, 1.82) is 0 Å². The summed E-state index contributed by atoms with van der Waals surface area (Å²) in [6, 6.07) is 86.9. The standard InChI is InChI=1S/C64H40N2O2S.C4H8/c1-3-19-41(20-4-1)43-23-15-25-45(39-43)65(54-34-17-32-51-47-27-9-12-36-56(47)67-62(51)54)60-49-29-7-8-30-50(49)61(64-59(60)53-31-11-14-38-58(53)69-64)66(46-26-16-24-44(40-46)42-21-5-2-6-22-42)55-35-18-33-52-48-28-10-13-37-57(48)68-63(52)55;1-3-4-2/h1-40H;3-4H,1-2H3/b;4-3-. The highest BCUT2D eigenvalue weighted by molar-refractivity contribution is 7.26. The molecule has 0 aliphatic rings. The smallest absolute Gasteiger partial charge is 0.159 e. The van der Waals surface area contributed by atoms with Crippen LogP contribution < -0.4 is 9.80 Å². The second-order valence-corrected chi connectivity index (χ2v) is 19.3. The van der Waals surface area contributed by atoms with Gasteiger partial charge in [-0.2, -0.15) is 0 Å². The van der Waals surface area contributed by atoms with Crippen LogP contribution in [-0.2, 0) is 0 Å². The maximum atomic E-state index is 6.95. The number of furan rings is 2. The van der Waals surface area contributed by atoms with Crippen molar-refractivity contribution in [3.8, 4) is 22.3 Å². The normalized spacial score (nSPS) is 11.6. The molecule has 348 valence electrons. The molecule has 0 atom stereocenters. The Bertz CT molecular complexity index is 4370. The minimum Gasteiger partial charge on any atom is -0.454 e. The second-order valence-electron chi connectivity index (χ2n) is 18.2. The summed E-state index contributed by atoms with van der Waals surface area (Å²) in [6.45, 7) is 4.00. The molecule has 0 radical (unpaired) electrons. The first-order chi connectivity index (χ1) is 36.2. The number of nitrogens with zero attached hydrogens (tertiary/aromatic N) is 2. The summed E-state index contributed by atoms with van der Waals surface area (Å²) in [5.74, 6) is 0. The van der Waals surface area contributed by atoms with Crippen LogP contribution in [0.3, 0.4) is 0 Å². The largest absolute Gasteiger partial charge is 0.454 e. The molecule has 14 rings (SSSR count). The summed E-state index contributed by atoms with van der Waals surface area (Å²) in [7, 11) is 0. The summed E-state index contributed by atoms with van der Waals surface area (Å²) in [6.07, 6.45) is 4.00. The van der Waals surface area contributed by atoms with Gasteiger partial charge in [-0.25, -0.2) is 0 Å². The SMILES string of the molecule is C/C=C\C.c1ccc(-c2cccc(N(c3cccc4c3oc3ccccc34)c3c4ccccc4c(N(c4cccc(-c5ccccc5)c4)c4cccc5c4oc4ccccc45)c4c3sc3ccccc34)c2)cc1. The monoisotopic (exact) mass is 956 g/mol. The van der Waals surface area contributed by atoms with Crippen LogP contribution in [-0.4, -0.2) is 0 Å². The van der Waals surface area contributed by atoms with Crippen LogP contribution in [0.5, 0.6) is 0 Å². The fourth-order valence-corrected chi connectivity index (χ4v) is 11.8. The van der Waals surface area contributed by atoms with Crippen LogP contribution in [0.2, 0.25) is 0 Å². The maximum Gasteiger partial charge on any atom is 0.159 e. The molecule has 5 heteroatoms.